The van der Waals surface area contributed by atoms with Crippen molar-refractivity contribution >= 4 is 34.1 Å². The number of anilines is 1. The molecule has 0 radical (unpaired) electrons. The Hall–Kier alpha value is -2.53. The van der Waals surface area contributed by atoms with Gasteiger partial charge in [0.1, 0.15) is 0 Å². The molecule has 0 saturated carbocycles. The number of nitrogens with one attached hydrogen (secondary N) is 1. The number of alkyl halides is 6. The lowest BCUT2D eigenvalue weighted by atomic mass is 10.0. The highest BCUT2D eigenvalue weighted by molar-refractivity contribution is 7.98. The number of nitrogens with zero attached hydrogens (tertiary/aromatic N) is 1. The Bertz CT molecular complexity index is 999. The average Bonchev–Trinajstić information content (AvgIpc) is 3.13. The minimum atomic E-state index is -5.03. The van der Waals surface area contributed by atoms with Crippen LogP contribution in [0.1, 0.15) is 27.2 Å². The normalized spacial score (nSPS) is 12.1. The number of hydrogen-bond donors (Lipinski definition) is 1. The maximum Gasteiger partial charge on any atom is 0.416 e. The summed E-state index contributed by atoms with van der Waals surface area (Å²) < 4.78 is 77.7. The van der Waals surface area contributed by atoms with Crippen LogP contribution in [0.25, 0.3) is 0 Å². The first-order chi connectivity index (χ1) is 14.0. The monoisotopic (exact) mass is 462 g/mol. The van der Waals surface area contributed by atoms with Gasteiger partial charge in [-0.15, -0.1) is 23.1 Å². The van der Waals surface area contributed by atoms with Gasteiger partial charge in [0.15, 0.2) is 5.13 Å². The third-order valence-electron chi connectivity index (χ3n) is 3.75. The Kier molecular flexibility index (Phi) is 6.41. The fourth-order valence-corrected chi connectivity index (χ4v) is 3.98. The number of hydrogen-bond acceptors (Lipinski definition) is 4. The summed E-state index contributed by atoms with van der Waals surface area (Å²) in [7, 11) is 0. The van der Waals surface area contributed by atoms with Crippen molar-refractivity contribution in [3.05, 3.63) is 76.3 Å². The quantitative estimate of drug-likeness (QED) is 0.338. The van der Waals surface area contributed by atoms with E-state index in [4.69, 9.17) is 0 Å². The minimum Gasteiger partial charge on any atom is -0.298 e. The zero-order chi connectivity index (χ0) is 21.9. The third-order valence-corrected chi connectivity index (χ3v) is 5.60. The molecule has 2 aromatic carbocycles. The fraction of sp³-hybridized carbons (Fsp3) is 0.158. The van der Waals surface area contributed by atoms with Gasteiger partial charge >= 0.3 is 12.4 Å². The standard InChI is InChI=1S/C19H12F6N2OS2/c20-18(21,22)12-6-11(7-13(8-12)19(23,24)25)16(28)27-17-26-14(10-30-17)9-29-15-4-2-1-3-5-15/h1-8,10H,9H2,(H,26,27,28). The summed E-state index contributed by atoms with van der Waals surface area (Å²) in [4.78, 5) is 17.4. The average molecular weight is 462 g/mol. The Labute approximate surface area is 175 Å². The van der Waals surface area contributed by atoms with Gasteiger partial charge in [-0.25, -0.2) is 4.98 Å². The Balaban J connectivity index is 1.75. The number of rotatable bonds is 5. The SMILES string of the molecule is O=C(Nc1nc(CSc2ccccc2)cs1)c1cc(C(F)(F)F)cc(C(F)(F)F)c1. The molecule has 0 aliphatic heterocycles. The van der Waals surface area contributed by atoms with Crippen LogP contribution in [0.2, 0.25) is 0 Å². The molecule has 3 aromatic rings. The van der Waals surface area contributed by atoms with E-state index >= 15 is 0 Å². The predicted octanol–water partition coefficient (Wildman–Crippen LogP) is 6.73. The van der Waals surface area contributed by atoms with E-state index in [1.807, 2.05) is 30.3 Å². The summed E-state index contributed by atoms with van der Waals surface area (Å²) in [6, 6.07) is 10.2. The van der Waals surface area contributed by atoms with Gasteiger partial charge in [0.05, 0.1) is 16.8 Å². The largest absolute Gasteiger partial charge is 0.416 e. The van der Waals surface area contributed by atoms with Crippen molar-refractivity contribution in [2.75, 3.05) is 5.32 Å². The van der Waals surface area contributed by atoms with Crippen LogP contribution < -0.4 is 5.32 Å². The first kappa shape index (κ1) is 22.2. The molecule has 0 fully saturated rings. The summed E-state index contributed by atoms with van der Waals surface area (Å²) in [5.41, 5.74) is -3.25. The van der Waals surface area contributed by atoms with E-state index in [-0.39, 0.29) is 11.2 Å². The van der Waals surface area contributed by atoms with Gasteiger partial charge in [0.2, 0.25) is 0 Å². The van der Waals surface area contributed by atoms with Crippen LogP contribution in [0.5, 0.6) is 0 Å². The molecular formula is C19H12F6N2OS2. The van der Waals surface area contributed by atoms with Crippen molar-refractivity contribution in [1.82, 2.24) is 4.98 Å². The number of amides is 1. The Morgan fingerprint density at radius 1 is 0.967 bits per heavy atom. The van der Waals surface area contributed by atoms with Crippen molar-refractivity contribution in [3.63, 3.8) is 0 Å². The molecule has 11 heteroatoms. The van der Waals surface area contributed by atoms with Gasteiger partial charge in [-0.2, -0.15) is 26.3 Å². The zero-order valence-corrected chi connectivity index (χ0v) is 16.5. The van der Waals surface area contributed by atoms with Crippen molar-refractivity contribution in [1.29, 1.82) is 0 Å². The van der Waals surface area contributed by atoms with Gasteiger partial charge in [0, 0.05) is 21.6 Å². The molecule has 0 aliphatic carbocycles. The van der Waals surface area contributed by atoms with Gasteiger partial charge in [-0.05, 0) is 30.3 Å². The first-order valence-corrected chi connectivity index (χ1v) is 10.1. The first-order valence-electron chi connectivity index (χ1n) is 8.25. The topological polar surface area (TPSA) is 42.0 Å². The minimum absolute atomic E-state index is 0.0287. The van der Waals surface area contributed by atoms with Crippen LogP contribution in [0.15, 0.2) is 58.8 Å². The summed E-state index contributed by atoms with van der Waals surface area (Å²) in [5, 5.41) is 3.99. The molecule has 0 aliphatic rings. The van der Waals surface area contributed by atoms with Gasteiger partial charge in [-0.1, -0.05) is 18.2 Å². The highest BCUT2D eigenvalue weighted by Crippen LogP contribution is 2.36. The third kappa shape index (κ3) is 5.76. The Morgan fingerprint density at radius 2 is 1.57 bits per heavy atom. The van der Waals surface area contributed by atoms with E-state index in [0.717, 1.165) is 16.2 Å². The van der Waals surface area contributed by atoms with Gasteiger partial charge in [-0.3, -0.25) is 10.1 Å². The summed E-state index contributed by atoms with van der Waals surface area (Å²) in [6.07, 6.45) is -10.1. The van der Waals surface area contributed by atoms with Crippen LogP contribution in [0.3, 0.4) is 0 Å². The van der Waals surface area contributed by atoms with E-state index in [1.165, 1.54) is 11.8 Å². The maximum absolute atomic E-state index is 12.9. The lowest BCUT2D eigenvalue weighted by Crippen LogP contribution is -2.17. The second kappa shape index (κ2) is 8.68. The molecule has 30 heavy (non-hydrogen) atoms. The highest BCUT2D eigenvalue weighted by atomic mass is 32.2. The Morgan fingerprint density at radius 3 is 2.13 bits per heavy atom. The number of benzene rings is 2. The summed E-state index contributed by atoms with van der Waals surface area (Å²) >= 11 is 2.52. The molecule has 0 saturated heterocycles. The van der Waals surface area contributed by atoms with Crippen molar-refractivity contribution < 1.29 is 31.1 Å². The molecule has 0 atom stereocenters. The van der Waals surface area contributed by atoms with Crippen LogP contribution in [-0.2, 0) is 18.1 Å². The number of aromatic nitrogens is 1. The summed E-state index contributed by atoms with van der Waals surface area (Å²) in [5.74, 6) is -0.624. The molecule has 158 valence electrons. The smallest absolute Gasteiger partial charge is 0.298 e. The highest BCUT2D eigenvalue weighted by Gasteiger charge is 2.37. The van der Waals surface area contributed by atoms with E-state index in [1.54, 1.807) is 5.38 Å². The van der Waals surface area contributed by atoms with Crippen molar-refractivity contribution in [2.24, 2.45) is 0 Å². The van der Waals surface area contributed by atoms with E-state index < -0.39 is 35.0 Å². The zero-order valence-electron chi connectivity index (χ0n) is 14.8. The van der Waals surface area contributed by atoms with E-state index in [9.17, 15) is 31.1 Å². The number of carbonyl (C=O) groups is 1. The molecule has 3 nitrogen and oxygen atoms in total. The number of thioether (sulfide) groups is 1. The molecular weight excluding hydrogens is 450 g/mol. The maximum atomic E-state index is 12.9. The molecule has 0 unspecified atom stereocenters. The van der Waals surface area contributed by atoms with E-state index in [0.29, 0.717) is 23.6 Å². The molecule has 0 spiro atoms. The second-order valence-electron chi connectivity index (χ2n) is 5.99. The molecule has 0 bridgehead atoms. The second-order valence-corrected chi connectivity index (χ2v) is 7.90. The lowest BCUT2D eigenvalue weighted by molar-refractivity contribution is -0.143. The van der Waals surface area contributed by atoms with Crippen LogP contribution in [0.4, 0.5) is 31.5 Å². The fourth-order valence-electron chi connectivity index (χ4n) is 2.36. The van der Waals surface area contributed by atoms with Gasteiger partial charge < -0.3 is 0 Å². The number of carbonyl (C=O) groups excluding carboxylic acids is 1. The van der Waals surface area contributed by atoms with Crippen molar-refractivity contribution in [3.8, 4) is 0 Å². The lowest BCUT2D eigenvalue weighted by Gasteiger charge is -2.13. The number of thiazole rings is 1. The van der Waals surface area contributed by atoms with Crippen LogP contribution in [-0.4, -0.2) is 10.9 Å². The van der Waals surface area contributed by atoms with Crippen LogP contribution >= 0.6 is 23.1 Å². The summed E-state index contributed by atoms with van der Waals surface area (Å²) in [6.45, 7) is 0. The molecule has 1 heterocycles. The molecule has 1 amide bonds. The van der Waals surface area contributed by atoms with Crippen molar-refractivity contribution in [2.45, 2.75) is 23.0 Å². The van der Waals surface area contributed by atoms with Crippen LogP contribution in [0, 0.1) is 0 Å². The van der Waals surface area contributed by atoms with E-state index in [2.05, 4.69) is 10.3 Å². The molecule has 1 aromatic heterocycles. The predicted molar refractivity (Wildman–Crippen MR) is 103 cm³/mol. The molecule has 3 rings (SSSR count). The van der Waals surface area contributed by atoms with Gasteiger partial charge in [0.25, 0.3) is 5.91 Å². The molecule has 1 N–H and O–H groups in total. The number of halogens is 6.